The van der Waals surface area contributed by atoms with E-state index >= 15 is 0 Å². The first-order chi connectivity index (χ1) is 22.7. The topological polar surface area (TPSA) is 96.8 Å². The number of halogens is 5. The molecule has 0 aliphatic heterocycles. The Bertz CT molecular complexity index is 1590. The second-order valence-electron chi connectivity index (χ2n) is 11.6. The van der Waals surface area contributed by atoms with Gasteiger partial charge in [-0.05, 0) is 110 Å². The van der Waals surface area contributed by atoms with E-state index in [-0.39, 0.29) is 31.1 Å². The number of hydrogen-bond donors (Lipinski definition) is 2. The number of nitrogens with two attached hydrogens (primary N) is 2. The lowest BCUT2D eigenvalue weighted by atomic mass is 9.79. The van der Waals surface area contributed by atoms with Gasteiger partial charge >= 0.3 is 18.3 Å². The first kappa shape index (κ1) is 35.8. The van der Waals surface area contributed by atoms with Gasteiger partial charge in [-0.2, -0.15) is 22.0 Å². The third-order valence-electron chi connectivity index (χ3n) is 7.24. The normalized spacial score (nSPS) is 12.2. The predicted octanol–water partition coefficient (Wildman–Crippen LogP) is 8.56. The van der Waals surface area contributed by atoms with Gasteiger partial charge in [0, 0.05) is 29.3 Å². The first-order valence-electron chi connectivity index (χ1n) is 15.0. The molecule has 4 aromatic carbocycles. The molecular weight excluding hydrogens is 631 g/mol. The molecular formula is C37H36F5N2O4. The van der Waals surface area contributed by atoms with E-state index in [1.807, 2.05) is 24.3 Å². The Morgan fingerprint density at radius 1 is 0.729 bits per heavy atom. The lowest BCUT2D eigenvalue weighted by molar-refractivity contribution is -0.185. The molecule has 0 unspecified atom stereocenters. The van der Waals surface area contributed by atoms with E-state index in [2.05, 4.69) is 6.92 Å². The lowest BCUT2D eigenvalue weighted by Crippen LogP contribution is -2.30. The Hall–Kier alpha value is -5.06. The van der Waals surface area contributed by atoms with Gasteiger partial charge in [0.05, 0.1) is 18.8 Å². The van der Waals surface area contributed by atoms with E-state index in [4.69, 9.17) is 25.7 Å². The van der Waals surface area contributed by atoms with Gasteiger partial charge in [0.15, 0.2) is 0 Å². The molecule has 0 saturated carbocycles. The molecule has 0 fully saturated rings. The fourth-order valence-electron chi connectivity index (χ4n) is 4.80. The number of hydrogen-bond acceptors (Lipinski definition) is 6. The van der Waals surface area contributed by atoms with Crippen LogP contribution in [-0.2, 0) is 28.5 Å². The smallest absolute Gasteiger partial charge is 0.426 e. The van der Waals surface area contributed by atoms with Crippen molar-refractivity contribution in [2.24, 2.45) is 5.41 Å². The number of ether oxygens (including phenoxy) is 3. The molecule has 0 bridgehead atoms. The highest BCUT2D eigenvalue weighted by Crippen LogP contribution is 2.33. The monoisotopic (exact) mass is 667 g/mol. The molecule has 4 rings (SSSR count). The Kier molecular flexibility index (Phi) is 11.7. The summed E-state index contributed by atoms with van der Waals surface area (Å²) >= 11 is 0. The quantitative estimate of drug-likeness (QED) is 0.0434. The lowest BCUT2D eigenvalue weighted by Gasteiger charge is -2.29. The number of esters is 1. The Labute approximate surface area is 276 Å². The van der Waals surface area contributed by atoms with Crippen molar-refractivity contribution in [1.82, 2.24) is 0 Å². The molecule has 1 radical (unpaired) electrons. The molecule has 0 atom stereocenters. The molecule has 0 aromatic heterocycles. The molecule has 4 aromatic rings. The van der Waals surface area contributed by atoms with Crippen LogP contribution in [-0.4, -0.2) is 25.4 Å². The highest BCUT2D eigenvalue weighted by atomic mass is 19.4. The first-order valence-corrected chi connectivity index (χ1v) is 15.0. The summed E-state index contributed by atoms with van der Waals surface area (Å²) in [5, 5.41) is 0. The average Bonchev–Trinajstić information content (AvgIpc) is 3.04. The minimum atomic E-state index is -4.27. The van der Waals surface area contributed by atoms with E-state index in [1.165, 1.54) is 60.7 Å². The molecule has 0 amide bonds. The molecule has 4 N–H and O–H groups in total. The van der Waals surface area contributed by atoms with Crippen LogP contribution < -0.4 is 20.9 Å². The molecule has 0 spiro atoms. The van der Waals surface area contributed by atoms with Crippen molar-refractivity contribution in [3.8, 4) is 11.5 Å². The maximum atomic E-state index is 14.8. The van der Waals surface area contributed by atoms with Gasteiger partial charge in [-0.15, -0.1) is 0 Å². The average molecular weight is 668 g/mol. The number of anilines is 2. The highest BCUT2D eigenvalue weighted by Gasteiger charge is 2.34. The van der Waals surface area contributed by atoms with Crippen molar-refractivity contribution in [1.29, 1.82) is 0 Å². The second kappa shape index (κ2) is 15.7. The van der Waals surface area contributed by atoms with Crippen LogP contribution in [0.3, 0.4) is 0 Å². The molecule has 0 aliphatic rings. The largest absolute Gasteiger partial charge is 0.494 e. The fraction of sp³-hybridized carbons (Fsp3) is 0.243. The van der Waals surface area contributed by atoms with Gasteiger partial charge in [0.2, 0.25) is 0 Å². The van der Waals surface area contributed by atoms with Crippen molar-refractivity contribution >= 4 is 23.4 Å². The standard InChI is InChI=1S/C37H36F5N2O4/c1-35(23-27-5-12-30(43)13-6-27,24-28-7-14-31(44)15-8-28)25-47-34(45)20-9-26-3-10-29(11-4-26)37(41,42)48-33-18-16-32(17-19-33)46-22-2-21-36(38,39)40/h3-20H,1-2,21-25,43-44H2/b20-9+. The number of rotatable bonds is 15. The van der Waals surface area contributed by atoms with Crippen molar-refractivity contribution in [2.45, 2.75) is 38.0 Å². The van der Waals surface area contributed by atoms with Crippen LogP contribution in [0.1, 0.15) is 35.1 Å². The van der Waals surface area contributed by atoms with Crippen molar-refractivity contribution in [2.75, 3.05) is 24.7 Å². The van der Waals surface area contributed by atoms with Crippen molar-refractivity contribution in [3.05, 3.63) is 132 Å². The molecule has 6 nitrogen and oxygen atoms in total. The van der Waals surface area contributed by atoms with Crippen LogP contribution in [0, 0.1) is 12.3 Å². The number of nitrogen functional groups attached to an aromatic ring is 2. The van der Waals surface area contributed by atoms with Crippen molar-refractivity contribution < 1.29 is 41.0 Å². The maximum Gasteiger partial charge on any atom is 0.426 e. The summed E-state index contributed by atoms with van der Waals surface area (Å²) in [6, 6.07) is 25.1. The van der Waals surface area contributed by atoms with E-state index in [0.29, 0.717) is 29.8 Å². The number of alkyl halides is 5. The highest BCUT2D eigenvalue weighted by molar-refractivity contribution is 5.87. The Balaban J connectivity index is 1.31. The van der Waals surface area contributed by atoms with Crippen LogP contribution in [0.25, 0.3) is 6.08 Å². The van der Waals surface area contributed by atoms with Gasteiger partial charge in [-0.25, -0.2) is 4.79 Å². The molecule has 0 heterocycles. The van der Waals surface area contributed by atoms with Gasteiger partial charge in [0.25, 0.3) is 0 Å². The SMILES string of the molecule is [CH2]C(COC(=O)/C=C/c1ccc(C(F)(F)Oc2ccc(OCCCC(F)(F)F)cc2)cc1)(Cc1ccc(N)cc1)Cc1ccc(N)cc1. The molecule has 0 aliphatic carbocycles. The van der Waals surface area contributed by atoms with E-state index in [9.17, 15) is 26.7 Å². The summed E-state index contributed by atoms with van der Waals surface area (Å²) in [6.07, 6.45) is -5.49. The third kappa shape index (κ3) is 11.6. The maximum absolute atomic E-state index is 14.8. The van der Waals surface area contributed by atoms with Crippen LogP contribution in [0.2, 0.25) is 0 Å². The zero-order chi connectivity index (χ0) is 34.8. The van der Waals surface area contributed by atoms with Gasteiger partial charge in [0.1, 0.15) is 11.5 Å². The molecule has 0 saturated heterocycles. The summed E-state index contributed by atoms with van der Waals surface area (Å²) in [6.45, 7) is 4.24. The minimum absolute atomic E-state index is 0.0125. The van der Waals surface area contributed by atoms with Gasteiger partial charge < -0.3 is 25.7 Å². The molecule has 253 valence electrons. The third-order valence-corrected chi connectivity index (χ3v) is 7.24. The van der Waals surface area contributed by atoms with E-state index < -0.39 is 35.7 Å². The van der Waals surface area contributed by atoms with Crippen molar-refractivity contribution in [3.63, 3.8) is 0 Å². The van der Waals surface area contributed by atoms with Crippen LogP contribution in [0.4, 0.5) is 33.3 Å². The number of benzene rings is 4. The second-order valence-corrected chi connectivity index (χ2v) is 11.6. The molecule has 48 heavy (non-hydrogen) atoms. The van der Waals surface area contributed by atoms with E-state index in [1.54, 1.807) is 24.3 Å². The van der Waals surface area contributed by atoms with Crippen LogP contribution in [0.15, 0.2) is 103 Å². The van der Waals surface area contributed by atoms with E-state index in [0.717, 1.165) is 11.1 Å². The fourth-order valence-corrected chi connectivity index (χ4v) is 4.80. The Morgan fingerprint density at radius 3 is 1.77 bits per heavy atom. The summed E-state index contributed by atoms with van der Waals surface area (Å²) < 4.78 is 82.1. The minimum Gasteiger partial charge on any atom is -0.494 e. The van der Waals surface area contributed by atoms with Gasteiger partial charge in [-0.3, -0.25) is 0 Å². The van der Waals surface area contributed by atoms with Gasteiger partial charge in [-0.1, -0.05) is 36.4 Å². The summed E-state index contributed by atoms with van der Waals surface area (Å²) in [5.41, 5.74) is 14.2. The number of carbonyl (C=O) groups excluding carboxylic acids is 1. The zero-order valence-electron chi connectivity index (χ0n) is 26.0. The summed E-state index contributed by atoms with van der Waals surface area (Å²) in [7, 11) is 0. The Morgan fingerprint density at radius 2 is 1.25 bits per heavy atom. The van der Waals surface area contributed by atoms with Crippen LogP contribution >= 0.6 is 0 Å². The zero-order valence-corrected chi connectivity index (χ0v) is 26.0. The molecule has 11 heteroatoms. The summed E-state index contributed by atoms with van der Waals surface area (Å²) in [5.74, 6) is -0.557. The number of carbonyl (C=O) groups is 1. The predicted molar refractivity (Wildman–Crippen MR) is 175 cm³/mol. The summed E-state index contributed by atoms with van der Waals surface area (Å²) in [4.78, 5) is 12.7. The van der Waals surface area contributed by atoms with Crippen LogP contribution in [0.5, 0.6) is 11.5 Å².